The van der Waals surface area contributed by atoms with E-state index in [9.17, 15) is 13.2 Å². The molecule has 1 aromatic rings. The van der Waals surface area contributed by atoms with Gasteiger partial charge in [0.05, 0.1) is 0 Å². The van der Waals surface area contributed by atoms with E-state index in [2.05, 4.69) is 4.18 Å². The van der Waals surface area contributed by atoms with Crippen LogP contribution in [0.15, 0.2) is 35.2 Å². The predicted octanol–water partition coefficient (Wildman–Crippen LogP) is 2.74. The molecule has 18 heavy (non-hydrogen) atoms. The molecule has 0 atom stereocenters. The van der Waals surface area contributed by atoms with Crippen LogP contribution < -0.4 is 0 Å². The first-order chi connectivity index (χ1) is 8.21. The first-order valence-electron chi connectivity index (χ1n) is 5.73. The second-order valence-corrected chi connectivity index (χ2v) is 6.83. The molecule has 0 saturated heterocycles. The number of hydrogen-bond donors (Lipinski definition) is 0. The highest BCUT2D eigenvalue weighted by molar-refractivity contribution is 7.87. The maximum absolute atomic E-state index is 11.7. The Bertz CT molecular complexity index is 498. The van der Waals surface area contributed by atoms with Crippen molar-refractivity contribution in [2.24, 2.45) is 5.41 Å². The molecule has 1 rings (SSSR count). The van der Waals surface area contributed by atoms with Crippen LogP contribution in [-0.4, -0.2) is 14.4 Å². The third-order valence-electron chi connectivity index (χ3n) is 2.31. The van der Waals surface area contributed by atoms with Crippen LogP contribution in [0.1, 0.15) is 33.6 Å². The highest BCUT2D eigenvalue weighted by atomic mass is 32.2. The van der Waals surface area contributed by atoms with Crippen LogP contribution in [0, 0.1) is 5.41 Å². The summed E-state index contributed by atoms with van der Waals surface area (Å²) < 4.78 is 28.0. The zero-order valence-corrected chi connectivity index (χ0v) is 11.7. The zero-order valence-electron chi connectivity index (χ0n) is 10.8. The summed E-state index contributed by atoms with van der Waals surface area (Å²) in [5.41, 5.74) is -0.0322. The first kappa shape index (κ1) is 14.7. The van der Waals surface area contributed by atoms with Gasteiger partial charge in [-0.15, -0.1) is 0 Å². The summed E-state index contributed by atoms with van der Waals surface area (Å²) in [5, 5.41) is 0. The summed E-state index contributed by atoms with van der Waals surface area (Å²) in [7, 11) is -3.98. The summed E-state index contributed by atoms with van der Waals surface area (Å²) in [4.78, 5) is 11.5. The molecule has 5 heteroatoms. The normalized spacial score (nSPS) is 12.2. The number of rotatable bonds is 4. The van der Waals surface area contributed by atoms with Gasteiger partial charge in [-0.3, -0.25) is 4.79 Å². The molecule has 0 fully saturated rings. The minimum atomic E-state index is -3.98. The minimum Gasteiger partial charge on any atom is -0.342 e. The third-order valence-corrected chi connectivity index (χ3v) is 3.57. The average molecular weight is 270 g/mol. The minimum absolute atomic E-state index is 0.00545. The largest absolute Gasteiger partial charge is 0.342 e. The lowest BCUT2D eigenvalue weighted by Crippen LogP contribution is -2.15. The van der Waals surface area contributed by atoms with Gasteiger partial charge in [-0.25, -0.2) is 0 Å². The molecule has 0 radical (unpaired) electrons. The maximum Gasteiger partial charge on any atom is 0.341 e. The second-order valence-electron chi connectivity index (χ2n) is 5.28. The van der Waals surface area contributed by atoms with Crippen LogP contribution in [0.2, 0.25) is 0 Å². The number of hydrogen-bond acceptors (Lipinski definition) is 4. The zero-order chi connectivity index (χ0) is 13.8. The van der Waals surface area contributed by atoms with Crippen molar-refractivity contribution in [1.82, 2.24) is 0 Å². The van der Waals surface area contributed by atoms with Crippen LogP contribution in [0.25, 0.3) is 0 Å². The van der Waals surface area contributed by atoms with Crippen LogP contribution >= 0.6 is 0 Å². The lowest BCUT2D eigenvalue weighted by Gasteiger charge is -2.16. The summed E-state index contributed by atoms with van der Waals surface area (Å²) in [5.74, 6) is -0.714. The van der Waals surface area contributed by atoms with Gasteiger partial charge in [-0.2, -0.15) is 8.42 Å². The van der Waals surface area contributed by atoms with Gasteiger partial charge < -0.3 is 4.18 Å². The van der Waals surface area contributed by atoms with E-state index in [0.717, 1.165) is 0 Å². The Labute approximate surface area is 108 Å². The highest BCUT2D eigenvalue weighted by Gasteiger charge is 2.21. The molecule has 0 aliphatic heterocycles. The highest BCUT2D eigenvalue weighted by Crippen LogP contribution is 2.21. The van der Waals surface area contributed by atoms with Gasteiger partial charge in [-0.1, -0.05) is 39.0 Å². The maximum atomic E-state index is 11.7. The summed E-state index contributed by atoms with van der Waals surface area (Å²) in [6.45, 7) is 5.93. The standard InChI is InChI=1S/C13H18O4S/c1-13(2,3)10-9-12(14)17-18(15,16)11-7-5-4-6-8-11/h4-8H,9-10H2,1-3H3. The lowest BCUT2D eigenvalue weighted by molar-refractivity contribution is -0.134. The van der Waals surface area contributed by atoms with E-state index in [0.29, 0.717) is 6.42 Å². The molecule has 0 aliphatic rings. The Hall–Kier alpha value is -1.36. The van der Waals surface area contributed by atoms with Crippen molar-refractivity contribution < 1.29 is 17.4 Å². The molecule has 0 heterocycles. The van der Waals surface area contributed by atoms with Crippen LogP contribution in [0.5, 0.6) is 0 Å². The molecule has 0 aromatic heterocycles. The van der Waals surface area contributed by atoms with Gasteiger partial charge in [0.1, 0.15) is 4.90 Å². The van der Waals surface area contributed by atoms with E-state index in [1.54, 1.807) is 18.2 Å². The Morgan fingerprint density at radius 1 is 1.17 bits per heavy atom. The molecule has 0 bridgehead atoms. The number of benzene rings is 1. The Balaban J connectivity index is 2.65. The van der Waals surface area contributed by atoms with Crippen molar-refractivity contribution >= 4 is 16.1 Å². The average Bonchev–Trinajstić information content (AvgIpc) is 2.26. The smallest absolute Gasteiger partial charge is 0.341 e. The number of carbonyl (C=O) groups is 1. The third kappa shape index (κ3) is 4.87. The summed E-state index contributed by atoms with van der Waals surface area (Å²) in [6.07, 6.45) is 0.672. The molecule has 0 amide bonds. The fourth-order valence-corrected chi connectivity index (χ4v) is 2.19. The molecule has 0 N–H and O–H groups in total. The van der Waals surface area contributed by atoms with E-state index >= 15 is 0 Å². The molecule has 1 aromatic carbocycles. The fraction of sp³-hybridized carbons (Fsp3) is 0.462. The van der Waals surface area contributed by atoms with E-state index in [1.807, 2.05) is 20.8 Å². The monoisotopic (exact) mass is 270 g/mol. The van der Waals surface area contributed by atoms with Crippen molar-refractivity contribution in [3.63, 3.8) is 0 Å². The lowest BCUT2D eigenvalue weighted by atomic mass is 9.91. The van der Waals surface area contributed by atoms with Crippen LogP contribution in [0.4, 0.5) is 0 Å². The van der Waals surface area contributed by atoms with E-state index in [1.165, 1.54) is 12.1 Å². The topological polar surface area (TPSA) is 60.4 Å². The SMILES string of the molecule is CC(C)(C)CCC(=O)OS(=O)(=O)c1ccccc1. The molecular formula is C13H18O4S. The van der Waals surface area contributed by atoms with Crippen molar-refractivity contribution in [2.45, 2.75) is 38.5 Å². The molecular weight excluding hydrogens is 252 g/mol. The summed E-state index contributed by atoms with van der Waals surface area (Å²) >= 11 is 0. The molecule has 0 saturated carbocycles. The van der Waals surface area contributed by atoms with Gasteiger partial charge in [0, 0.05) is 6.42 Å². The van der Waals surface area contributed by atoms with Crippen molar-refractivity contribution in [2.75, 3.05) is 0 Å². The Kier molecular flexibility index (Phi) is 4.51. The van der Waals surface area contributed by atoms with Gasteiger partial charge in [0.15, 0.2) is 0 Å². The first-order valence-corrected chi connectivity index (χ1v) is 7.14. The molecule has 0 aliphatic carbocycles. The molecule has 0 unspecified atom stereocenters. The molecule has 100 valence electrons. The van der Waals surface area contributed by atoms with Crippen molar-refractivity contribution in [1.29, 1.82) is 0 Å². The van der Waals surface area contributed by atoms with Crippen molar-refractivity contribution in [3.05, 3.63) is 30.3 Å². The van der Waals surface area contributed by atoms with E-state index in [4.69, 9.17) is 0 Å². The fourth-order valence-electron chi connectivity index (χ4n) is 1.28. The Morgan fingerprint density at radius 3 is 2.22 bits per heavy atom. The summed E-state index contributed by atoms with van der Waals surface area (Å²) in [6, 6.07) is 7.64. The quantitative estimate of drug-likeness (QED) is 0.789. The van der Waals surface area contributed by atoms with Gasteiger partial charge in [0.2, 0.25) is 0 Å². The van der Waals surface area contributed by atoms with E-state index < -0.39 is 16.1 Å². The predicted molar refractivity (Wildman–Crippen MR) is 68.4 cm³/mol. The van der Waals surface area contributed by atoms with Gasteiger partial charge in [0.25, 0.3) is 0 Å². The van der Waals surface area contributed by atoms with Crippen molar-refractivity contribution in [3.8, 4) is 0 Å². The van der Waals surface area contributed by atoms with Crippen LogP contribution in [0.3, 0.4) is 0 Å². The second kappa shape index (κ2) is 5.52. The molecule has 0 spiro atoms. The number of carbonyl (C=O) groups excluding carboxylic acids is 1. The van der Waals surface area contributed by atoms with E-state index in [-0.39, 0.29) is 16.7 Å². The van der Waals surface area contributed by atoms with Gasteiger partial charge >= 0.3 is 16.1 Å². The van der Waals surface area contributed by atoms with Crippen LogP contribution in [-0.2, 0) is 19.1 Å². The Morgan fingerprint density at radius 2 is 1.72 bits per heavy atom. The van der Waals surface area contributed by atoms with Gasteiger partial charge in [-0.05, 0) is 24.0 Å². The molecule has 4 nitrogen and oxygen atoms in total.